The Kier molecular flexibility index (Phi) is 3.79. The third-order valence-electron chi connectivity index (χ3n) is 4.42. The maximum Gasteiger partial charge on any atom is 0.249 e. The molecule has 3 nitrogen and oxygen atoms in total. The topological polar surface area (TPSA) is 39.9 Å². The van der Waals surface area contributed by atoms with E-state index in [-0.39, 0.29) is 19.4 Å². The van der Waals surface area contributed by atoms with Gasteiger partial charge in [0.1, 0.15) is 11.9 Å². The van der Waals surface area contributed by atoms with E-state index < -0.39 is 5.92 Å². The third kappa shape index (κ3) is 2.99. The van der Waals surface area contributed by atoms with E-state index in [4.69, 9.17) is 0 Å². The summed E-state index contributed by atoms with van der Waals surface area (Å²) in [4.78, 5) is 6.53. The normalized spacial score (nSPS) is 21.3. The fraction of sp³-hybridized carbons (Fsp3) is 0.625. The summed E-state index contributed by atoms with van der Waals surface area (Å²) in [5, 5.41) is 9.36. The van der Waals surface area contributed by atoms with Crippen molar-refractivity contribution in [1.82, 2.24) is 4.98 Å². The first-order valence-corrected chi connectivity index (χ1v) is 7.65. The van der Waals surface area contributed by atoms with Gasteiger partial charge in [-0.25, -0.2) is 13.8 Å². The van der Waals surface area contributed by atoms with Crippen molar-refractivity contribution in [2.75, 3.05) is 18.0 Å². The lowest BCUT2D eigenvalue weighted by Gasteiger charge is -2.25. The average molecular weight is 291 g/mol. The first kappa shape index (κ1) is 14.2. The first-order valence-electron chi connectivity index (χ1n) is 7.65. The third-order valence-corrected chi connectivity index (χ3v) is 4.42. The van der Waals surface area contributed by atoms with E-state index in [1.54, 1.807) is 0 Å². The van der Waals surface area contributed by atoms with E-state index in [9.17, 15) is 14.0 Å². The van der Waals surface area contributed by atoms with E-state index in [0.717, 1.165) is 36.9 Å². The number of anilines is 1. The van der Waals surface area contributed by atoms with Crippen molar-refractivity contribution in [3.63, 3.8) is 0 Å². The number of aromatic nitrogens is 1. The number of nitrogens with zero attached hydrogens (tertiary/aromatic N) is 3. The van der Waals surface area contributed by atoms with Crippen LogP contribution in [0, 0.1) is 11.3 Å². The average Bonchev–Trinajstić information content (AvgIpc) is 2.66. The Balaban J connectivity index is 1.92. The molecule has 0 spiro atoms. The van der Waals surface area contributed by atoms with Crippen molar-refractivity contribution < 1.29 is 8.78 Å². The minimum absolute atomic E-state index is 0.0731. The Morgan fingerprint density at radius 2 is 1.95 bits per heavy atom. The molecule has 1 aliphatic heterocycles. The zero-order valence-corrected chi connectivity index (χ0v) is 12.0. The van der Waals surface area contributed by atoms with Gasteiger partial charge in [-0.15, -0.1) is 0 Å². The number of hydrogen-bond acceptors (Lipinski definition) is 3. The molecule has 0 radical (unpaired) electrons. The number of rotatable bonds is 1. The molecule has 1 aromatic heterocycles. The number of hydrogen-bond donors (Lipinski definition) is 0. The fourth-order valence-electron chi connectivity index (χ4n) is 3.22. The standard InChI is InChI=1S/C16H19F2N3/c17-16(18)6-3-8-21(9-7-16)15-13(11-19)10-12-4-1-2-5-14(12)20-15/h10H,1-9H2. The zero-order valence-electron chi connectivity index (χ0n) is 12.0. The lowest BCUT2D eigenvalue weighted by molar-refractivity contribution is -0.0102. The zero-order chi connectivity index (χ0) is 14.9. The Morgan fingerprint density at radius 1 is 1.14 bits per heavy atom. The van der Waals surface area contributed by atoms with Crippen molar-refractivity contribution in [3.8, 4) is 6.07 Å². The molecule has 0 bridgehead atoms. The van der Waals surface area contributed by atoms with Crippen molar-refractivity contribution in [3.05, 3.63) is 22.9 Å². The maximum absolute atomic E-state index is 13.5. The second kappa shape index (κ2) is 5.59. The molecular formula is C16H19F2N3. The van der Waals surface area contributed by atoms with Gasteiger partial charge in [0.2, 0.25) is 5.92 Å². The highest BCUT2D eigenvalue weighted by molar-refractivity contribution is 5.56. The molecule has 0 saturated carbocycles. The Hall–Kier alpha value is -1.70. The lowest BCUT2D eigenvalue weighted by Crippen LogP contribution is -2.28. The van der Waals surface area contributed by atoms with E-state index in [1.807, 2.05) is 11.0 Å². The SMILES string of the molecule is N#Cc1cc2c(nc1N1CCCC(F)(F)CC1)CCCC2. The summed E-state index contributed by atoms with van der Waals surface area (Å²) in [7, 11) is 0. The lowest BCUT2D eigenvalue weighted by atomic mass is 9.95. The molecule has 1 saturated heterocycles. The van der Waals surface area contributed by atoms with Crippen LogP contribution in [-0.4, -0.2) is 24.0 Å². The van der Waals surface area contributed by atoms with Gasteiger partial charge in [-0.1, -0.05) is 0 Å². The molecule has 0 amide bonds. The highest BCUT2D eigenvalue weighted by atomic mass is 19.3. The summed E-state index contributed by atoms with van der Waals surface area (Å²) in [6.45, 7) is 0.823. The van der Waals surface area contributed by atoms with Crippen molar-refractivity contribution in [2.45, 2.75) is 50.9 Å². The molecule has 0 aromatic carbocycles. The number of aryl methyl sites for hydroxylation is 2. The molecule has 1 aromatic rings. The minimum Gasteiger partial charge on any atom is -0.355 e. The molecule has 0 unspecified atom stereocenters. The van der Waals surface area contributed by atoms with Crippen LogP contribution in [-0.2, 0) is 12.8 Å². The summed E-state index contributed by atoms with van der Waals surface area (Å²) < 4.78 is 27.0. The van der Waals surface area contributed by atoms with Crippen molar-refractivity contribution in [1.29, 1.82) is 5.26 Å². The summed E-state index contributed by atoms with van der Waals surface area (Å²) in [5.41, 5.74) is 2.73. The predicted molar refractivity (Wildman–Crippen MR) is 76.6 cm³/mol. The van der Waals surface area contributed by atoms with Gasteiger partial charge in [0.25, 0.3) is 0 Å². The molecule has 3 rings (SSSR count). The molecular weight excluding hydrogens is 272 g/mol. The van der Waals surface area contributed by atoms with Gasteiger partial charge < -0.3 is 4.90 Å². The smallest absolute Gasteiger partial charge is 0.249 e. The summed E-state index contributed by atoms with van der Waals surface area (Å²) in [6, 6.07) is 4.11. The summed E-state index contributed by atoms with van der Waals surface area (Å²) in [6.07, 6.45) is 4.36. The van der Waals surface area contributed by atoms with Gasteiger partial charge in [0, 0.05) is 31.6 Å². The van der Waals surface area contributed by atoms with Crippen LogP contribution in [0.25, 0.3) is 0 Å². The first-order chi connectivity index (χ1) is 10.1. The molecule has 2 heterocycles. The molecule has 1 aliphatic carbocycles. The van der Waals surface area contributed by atoms with Crippen LogP contribution in [0.1, 0.15) is 48.9 Å². The minimum atomic E-state index is -2.59. The number of halogens is 2. The van der Waals surface area contributed by atoms with E-state index in [1.165, 1.54) is 0 Å². The monoisotopic (exact) mass is 291 g/mol. The van der Waals surface area contributed by atoms with Gasteiger partial charge in [-0.3, -0.25) is 0 Å². The Bertz CT molecular complexity index is 578. The number of alkyl halides is 2. The second-order valence-corrected chi connectivity index (χ2v) is 5.98. The van der Waals surface area contributed by atoms with Gasteiger partial charge >= 0.3 is 0 Å². The van der Waals surface area contributed by atoms with Crippen molar-refractivity contribution >= 4 is 5.82 Å². The summed E-state index contributed by atoms with van der Waals surface area (Å²) >= 11 is 0. The molecule has 0 atom stereocenters. The van der Waals surface area contributed by atoms with Crippen LogP contribution in [0.2, 0.25) is 0 Å². The van der Waals surface area contributed by atoms with E-state index in [0.29, 0.717) is 24.3 Å². The maximum atomic E-state index is 13.5. The highest BCUT2D eigenvalue weighted by Gasteiger charge is 2.32. The Labute approximate surface area is 123 Å². The van der Waals surface area contributed by atoms with Crippen LogP contribution in [0.4, 0.5) is 14.6 Å². The largest absolute Gasteiger partial charge is 0.355 e. The number of pyridine rings is 1. The van der Waals surface area contributed by atoms with Gasteiger partial charge in [-0.05, 0) is 43.7 Å². The quantitative estimate of drug-likeness (QED) is 0.795. The van der Waals surface area contributed by atoms with Crippen LogP contribution in [0.3, 0.4) is 0 Å². The van der Waals surface area contributed by atoms with E-state index in [2.05, 4.69) is 11.1 Å². The highest BCUT2D eigenvalue weighted by Crippen LogP contribution is 2.32. The van der Waals surface area contributed by atoms with Crippen LogP contribution >= 0.6 is 0 Å². The van der Waals surface area contributed by atoms with E-state index >= 15 is 0 Å². The van der Waals surface area contributed by atoms with Gasteiger partial charge in [0.15, 0.2) is 0 Å². The second-order valence-electron chi connectivity index (χ2n) is 5.98. The van der Waals surface area contributed by atoms with Gasteiger partial charge in [-0.2, -0.15) is 5.26 Å². The molecule has 21 heavy (non-hydrogen) atoms. The predicted octanol–water partition coefficient (Wildman–Crippen LogP) is 3.46. The Morgan fingerprint density at radius 3 is 2.76 bits per heavy atom. The van der Waals surface area contributed by atoms with Crippen LogP contribution < -0.4 is 4.90 Å². The summed E-state index contributed by atoms with van der Waals surface area (Å²) in [5.74, 6) is -1.98. The van der Waals surface area contributed by atoms with Crippen LogP contribution in [0.5, 0.6) is 0 Å². The van der Waals surface area contributed by atoms with Gasteiger partial charge in [0.05, 0.1) is 5.56 Å². The fourth-order valence-corrected chi connectivity index (χ4v) is 3.22. The van der Waals surface area contributed by atoms with Crippen molar-refractivity contribution in [2.24, 2.45) is 0 Å². The number of fused-ring (bicyclic) bond motifs is 1. The molecule has 112 valence electrons. The molecule has 5 heteroatoms. The molecule has 0 N–H and O–H groups in total. The number of nitriles is 1. The molecule has 1 fully saturated rings. The molecule has 2 aliphatic rings. The van der Waals surface area contributed by atoms with Crippen LogP contribution in [0.15, 0.2) is 6.07 Å².